The summed E-state index contributed by atoms with van der Waals surface area (Å²) in [5.41, 5.74) is 2.11. The molecule has 0 aliphatic rings. The van der Waals surface area contributed by atoms with Crippen molar-refractivity contribution >= 4 is 26.7 Å². The van der Waals surface area contributed by atoms with Crippen LogP contribution in [0.25, 0.3) is 10.8 Å². The second-order valence-electron chi connectivity index (χ2n) is 5.13. The van der Waals surface area contributed by atoms with Crippen LogP contribution in [0, 0.1) is 5.82 Å². The van der Waals surface area contributed by atoms with E-state index in [2.05, 4.69) is 27.8 Å². The molecule has 0 spiro atoms. The van der Waals surface area contributed by atoms with Crippen LogP contribution in [0.15, 0.2) is 60.8 Å². The molecule has 2 atom stereocenters. The first-order valence-electron chi connectivity index (χ1n) is 6.90. The molecule has 21 heavy (non-hydrogen) atoms. The van der Waals surface area contributed by atoms with Gasteiger partial charge in [-0.15, -0.1) is 0 Å². The summed E-state index contributed by atoms with van der Waals surface area (Å²) in [5.74, 6) is 0.0135. The Bertz CT molecular complexity index is 758. The summed E-state index contributed by atoms with van der Waals surface area (Å²) in [6.07, 6.45) is 1.80. The molecule has 0 radical (unpaired) electrons. The molecule has 0 N–H and O–H groups in total. The topological polar surface area (TPSA) is 12.9 Å². The van der Waals surface area contributed by atoms with Gasteiger partial charge < -0.3 is 0 Å². The van der Waals surface area contributed by atoms with Crippen molar-refractivity contribution < 1.29 is 4.39 Å². The minimum atomic E-state index is -0.181. The maximum Gasteiger partial charge on any atom is 0.131 e. The Morgan fingerprint density at radius 3 is 2.38 bits per heavy atom. The molecule has 2 aromatic carbocycles. The van der Waals surface area contributed by atoms with Gasteiger partial charge in [0.2, 0.25) is 0 Å². The molecule has 3 heteroatoms. The van der Waals surface area contributed by atoms with Crippen LogP contribution < -0.4 is 0 Å². The van der Waals surface area contributed by atoms with E-state index in [0.717, 1.165) is 16.6 Å². The van der Waals surface area contributed by atoms with Gasteiger partial charge in [0.1, 0.15) is 5.82 Å². The van der Waals surface area contributed by atoms with Gasteiger partial charge in [-0.3, -0.25) is 4.98 Å². The molecular formula is C18H15BrFN. The van der Waals surface area contributed by atoms with E-state index >= 15 is 0 Å². The fourth-order valence-corrected chi connectivity index (χ4v) is 3.26. The average Bonchev–Trinajstić information content (AvgIpc) is 2.55. The monoisotopic (exact) mass is 343 g/mol. The summed E-state index contributed by atoms with van der Waals surface area (Å²) < 4.78 is 13.9. The first-order chi connectivity index (χ1) is 10.2. The summed E-state index contributed by atoms with van der Waals surface area (Å²) in [4.78, 5) is 4.50. The summed E-state index contributed by atoms with van der Waals surface area (Å²) in [7, 11) is 0. The van der Waals surface area contributed by atoms with Gasteiger partial charge in [-0.1, -0.05) is 59.3 Å². The van der Waals surface area contributed by atoms with Gasteiger partial charge in [0.05, 0.1) is 0 Å². The van der Waals surface area contributed by atoms with E-state index < -0.39 is 0 Å². The second-order valence-corrected chi connectivity index (χ2v) is 6.11. The molecule has 0 saturated carbocycles. The molecule has 1 heterocycles. The van der Waals surface area contributed by atoms with Crippen molar-refractivity contribution in [2.24, 2.45) is 0 Å². The minimum absolute atomic E-state index is 0.0814. The lowest BCUT2D eigenvalue weighted by Crippen LogP contribution is -2.05. The molecule has 1 aromatic heterocycles. The van der Waals surface area contributed by atoms with Crippen molar-refractivity contribution in [1.29, 1.82) is 0 Å². The zero-order valence-electron chi connectivity index (χ0n) is 11.6. The van der Waals surface area contributed by atoms with Crippen molar-refractivity contribution in [3.63, 3.8) is 0 Å². The predicted octanol–water partition coefficient (Wildman–Crippen LogP) is 5.61. The first-order valence-corrected chi connectivity index (χ1v) is 7.82. The third-order valence-corrected chi connectivity index (χ3v) is 5.08. The fourth-order valence-electron chi connectivity index (χ4n) is 2.59. The molecule has 2 unspecified atom stereocenters. The average molecular weight is 344 g/mol. The molecule has 0 bridgehead atoms. The van der Waals surface area contributed by atoms with E-state index in [1.165, 1.54) is 6.07 Å². The van der Waals surface area contributed by atoms with Crippen LogP contribution in [0.4, 0.5) is 4.39 Å². The summed E-state index contributed by atoms with van der Waals surface area (Å²) in [5, 5.41) is 1.61. The zero-order valence-corrected chi connectivity index (χ0v) is 13.2. The van der Waals surface area contributed by atoms with E-state index in [9.17, 15) is 4.39 Å². The molecule has 1 nitrogen and oxygen atoms in total. The lowest BCUT2D eigenvalue weighted by Gasteiger charge is -2.20. The molecule has 0 saturated heterocycles. The number of aromatic nitrogens is 1. The molecule has 0 aliphatic carbocycles. The van der Waals surface area contributed by atoms with Crippen LogP contribution in [0.1, 0.15) is 28.9 Å². The molecule has 0 aliphatic heterocycles. The number of hydrogen-bond donors (Lipinski definition) is 0. The third kappa shape index (κ3) is 2.70. The smallest absolute Gasteiger partial charge is 0.131 e. The molecule has 106 valence electrons. The van der Waals surface area contributed by atoms with E-state index in [1.54, 1.807) is 6.20 Å². The van der Waals surface area contributed by atoms with Gasteiger partial charge in [0, 0.05) is 28.0 Å². The number of benzene rings is 2. The van der Waals surface area contributed by atoms with Crippen molar-refractivity contribution in [3.05, 3.63) is 77.9 Å². The van der Waals surface area contributed by atoms with E-state index in [-0.39, 0.29) is 16.6 Å². The summed E-state index contributed by atoms with van der Waals surface area (Å²) in [6, 6.07) is 16.9. The van der Waals surface area contributed by atoms with Crippen molar-refractivity contribution in [1.82, 2.24) is 4.98 Å². The van der Waals surface area contributed by atoms with Crippen LogP contribution in [-0.4, -0.2) is 4.98 Å². The molecule has 3 rings (SSSR count). The lowest BCUT2D eigenvalue weighted by atomic mass is 9.93. The van der Waals surface area contributed by atoms with E-state index in [4.69, 9.17) is 0 Å². The van der Waals surface area contributed by atoms with Crippen molar-refractivity contribution in [2.45, 2.75) is 17.7 Å². The maximum atomic E-state index is 13.9. The summed E-state index contributed by atoms with van der Waals surface area (Å²) >= 11 is 3.77. The SMILES string of the molecule is CC(c1ccccn1)C(Br)c1ccc(F)c2ccccc12. The first kappa shape index (κ1) is 14.2. The standard InChI is InChI=1S/C18H15BrFN/c1-12(17-8-4-5-11-21-17)18(19)15-9-10-16(20)14-7-3-2-6-13(14)15/h2-12,18H,1H3. The summed E-state index contributed by atoms with van der Waals surface area (Å²) in [6.45, 7) is 2.12. The highest BCUT2D eigenvalue weighted by Gasteiger charge is 2.21. The minimum Gasteiger partial charge on any atom is -0.261 e. The van der Waals surface area contributed by atoms with Crippen LogP contribution >= 0.6 is 15.9 Å². The van der Waals surface area contributed by atoms with Crippen molar-refractivity contribution in [3.8, 4) is 0 Å². The van der Waals surface area contributed by atoms with Gasteiger partial charge >= 0.3 is 0 Å². The van der Waals surface area contributed by atoms with Crippen molar-refractivity contribution in [2.75, 3.05) is 0 Å². The lowest BCUT2D eigenvalue weighted by molar-refractivity contribution is 0.638. The number of hydrogen-bond acceptors (Lipinski definition) is 1. The quantitative estimate of drug-likeness (QED) is 0.563. The number of rotatable bonds is 3. The van der Waals surface area contributed by atoms with E-state index in [1.807, 2.05) is 48.5 Å². The molecule has 3 aromatic rings. The van der Waals surface area contributed by atoms with Crippen LogP contribution in [0.2, 0.25) is 0 Å². The maximum absolute atomic E-state index is 13.9. The largest absolute Gasteiger partial charge is 0.261 e. The molecular weight excluding hydrogens is 329 g/mol. The predicted molar refractivity (Wildman–Crippen MR) is 88.2 cm³/mol. The van der Waals surface area contributed by atoms with Crippen LogP contribution in [-0.2, 0) is 0 Å². The Morgan fingerprint density at radius 2 is 1.67 bits per heavy atom. The highest BCUT2D eigenvalue weighted by molar-refractivity contribution is 9.09. The number of pyridine rings is 1. The third-order valence-electron chi connectivity index (χ3n) is 3.79. The van der Waals surface area contributed by atoms with Crippen LogP contribution in [0.5, 0.6) is 0 Å². The molecule has 0 amide bonds. The number of nitrogens with zero attached hydrogens (tertiary/aromatic N) is 1. The Kier molecular flexibility index (Phi) is 4.02. The Balaban J connectivity index is 2.06. The number of fused-ring (bicyclic) bond motifs is 1. The second kappa shape index (κ2) is 5.94. The highest BCUT2D eigenvalue weighted by atomic mass is 79.9. The normalized spacial score (nSPS) is 14.0. The van der Waals surface area contributed by atoms with Gasteiger partial charge in [0.15, 0.2) is 0 Å². The van der Waals surface area contributed by atoms with Gasteiger partial charge in [-0.2, -0.15) is 0 Å². The Labute approximate surface area is 132 Å². The molecule has 0 fully saturated rings. The highest BCUT2D eigenvalue weighted by Crippen LogP contribution is 2.40. The van der Waals surface area contributed by atoms with E-state index in [0.29, 0.717) is 5.39 Å². The number of halogens is 2. The van der Waals surface area contributed by atoms with Gasteiger partial charge in [-0.05, 0) is 29.1 Å². The Hall–Kier alpha value is -1.74. The number of alkyl halides is 1. The van der Waals surface area contributed by atoms with Gasteiger partial charge in [-0.25, -0.2) is 4.39 Å². The zero-order chi connectivity index (χ0) is 14.8. The van der Waals surface area contributed by atoms with Gasteiger partial charge in [0.25, 0.3) is 0 Å². The van der Waals surface area contributed by atoms with Crippen LogP contribution in [0.3, 0.4) is 0 Å². The fraction of sp³-hybridized carbons (Fsp3) is 0.167. The Morgan fingerprint density at radius 1 is 0.952 bits per heavy atom.